The third-order valence-corrected chi connectivity index (χ3v) is 2.78. The van der Waals surface area contributed by atoms with Crippen LogP contribution in [0.1, 0.15) is 6.92 Å². The fraction of sp³-hybridized carbons (Fsp3) is 0.167. The second-order valence-electron chi connectivity index (χ2n) is 3.53. The molecule has 0 atom stereocenters. The highest BCUT2D eigenvalue weighted by Gasteiger charge is 2.08. The van der Waals surface area contributed by atoms with E-state index in [1.165, 1.54) is 21.8 Å². The molecule has 0 aliphatic heterocycles. The summed E-state index contributed by atoms with van der Waals surface area (Å²) in [7, 11) is 0. The minimum Gasteiger partial charge on any atom is -0.341 e. The summed E-state index contributed by atoms with van der Waals surface area (Å²) in [5, 5.41) is 2.37. The smallest absolute Gasteiger partial charge is 0.0522 e. The van der Waals surface area contributed by atoms with Gasteiger partial charge in [-0.25, -0.2) is 0 Å². The summed E-state index contributed by atoms with van der Waals surface area (Å²) in [6.07, 6.45) is 7.48. The van der Waals surface area contributed by atoms with Crippen molar-refractivity contribution in [2.45, 2.75) is 13.5 Å². The van der Waals surface area contributed by atoms with Gasteiger partial charge < -0.3 is 4.57 Å². The van der Waals surface area contributed by atoms with Gasteiger partial charge >= 0.3 is 0 Å². The molecule has 3 heterocycles. The number of rotatable bonds is 1. The quantitative estimate of drug-likeness (QED) is 0.600. The third kappa shape index (κ3) is 1.06. The summed E-state index contributed by atoms with van der Waals surface area (Å²) in [6.45, 7) is 3.12. The van der Waals surface area contributed by atoms with E-state index in [9.17, 15) is 0 Å². The van der Waals surface area contributed by atoms with Crippen molar-refractivity contribution in [3.63, 3.8) is 0 Å². The lowest BCUT2D eigenvalue weighted by molar-refractivity contribution is 0.826. The van der Waals surface area contributed by atoms with Crippen LogP contribution >= 0.6 is 0 Å². The van der Waals surface area contributed by atoms with E-state index in [2.05, 4.69) is 33.6 Å². The molecule has 3 aromatic heterocycles. The number of hydrogen-bond acceptors (Lipinski definition) is 2. The lowest BCUT2D eigenvalue weighted by atomic mass is 10.2. The molecule has 0 aliphatic carbocycles. The van der Waals surface area contributed by atoms with Gasteiger partial charge in [0.25, 0.3) is 0 Å². The number of nitrogens with zero attached hydrogens (tertiary/aromatic N) is 3. The Balaban J connectivity index is 2.62. The average Bonchev–Trinajstić information content (AvgIpc) is 2.63. The fourth-order valence-corrected chi connectivity index (χ4v) is 2.13. The van der Waals surface area contributed by atoms with Gasteiger partial charge in [0, 0.05) is 42.1 Å². The zero-order valence-corrected chi connectivity index (χ0v) is 8.51. The van der Waals surface area contributed by atoms with E-state index in [4.69, 9.17) is 0 Å². The van der Waals surface area contributed by atoms with Crippen LogP contribution in [0.15, 0.2) is 36.9 Å². The zero-order valence-electron chi connectivity index (χ0n) is 8.51. The van der Waals surface area contributed by atoms with Crippen LogP contribution in [-0.2, 0) is 6.54 Å². The van der Waals surface area contributed by atoms with Crippen molar-refractivity contribution >= 4 is 21.8 Å². The Labute approximate surface area is 87.4 Å². The SMILES string of the molecule is CCn1c2ccncc2c2cnccc21. The van der Waals surface area contributed by atoms with Gasteiger partial charge in [-0.15, -0.1) is 0 Å². The van der Waals surface area contributed by atoms with Gasteiger partial charge in [0.15, 0.2) is 0 Å². The van der Waals surface area contributed by atoms with E-state index in [0.29, 0.717) is 0 Å². The first-order chi connectivity index (χ1) is 7.42. The average molecular weight is 197 g/mol. The highest BCUT2D eigenvalue weighted by atomic mass is 15.0. The van der Waals surface area contributed by atoms with Crippen LogP contribution < -0.4 is 0 Å². The normalized spacial score (nSPS) is 11.3. The molecule has 15 heavy (non-hydrogen) atoms. The predicted octanol–water partition coefficient (Wildman–Crippen LogP) is 2.60. The first-order valence-electron chi connectivity index (χ1n) is 5.07. The van der Waals surface area contributed by atoms with E-state index < -0.39 is 0 Å². The maximum Gasteiger partial charge on any atom is 0.0522 e. The van der Waals surface area contributed by atoms with E-state index in [0.717, 1.165) is 6.54 Å². The van der Waals surface area contributed by atoms with Crippen LogP contribution in [-0.4, -0.2) is 14.5 Å². The molecule has 3 rings (SSSR count). The number of aromatic nitrogens is 3. The Morgan fingerprint density at radius 1 is 1.00 bits per heavy atom. The van der Waals surface area contributed by atoms with Crippen LogP contribution in [0.4, 0.5) is 0 Å². The second kappa shape index (κ2) is 3.05. The van der Waals surface area contributed by atoms with Crippen LogP contribution in [0.5, 0.6) is 0 Å². The molecular weight excluding hydrogens is 186 g/mol. The van der Waals surface area contributed by atoms with Crippen LogP contribution in [0, 0.1) is 0 Å². The zero-order chi connectivity index (χ0) is 10.3. The monoisotopic (exact) mass is 197 g/mol. The molecule has 0 spiro atoms. The summed E-state index contributed by atoms with van der Waals surface area (Å²) >= 11 is 0. The number of fused-ring (bicyclic) bond motifs is 3. The van der Waals surface area contributed by atoms with Gasteiger partial charge in [-0.05, 0) is 19.1 Å². The molecule has 0 bridgehead atoms. The topological polar surface area (TPSA) is 30.7 Å². The first kappa shape index (κ1) is 8.41. The Bertz CT molecular complexity index is 572. The lowest BCUT2D eigenvalue weighted by Crippen LogP contribution is -1.92. The van der Waals surface area contributed by atoms with Gasteiger partial charge in [-0.3, -0.25) is 9.97 Å². The van der Waals surface area contributed by atoms with Crippen molar-refractivity contribution < 1.29 is 0 Å². The van der Waals surface area contributed by atoms with Crippen molar-refractivity contribution in [2.24, 2.45) is 0 Å². The van der Waals surface area contributed by atoms with Gasteiger partial charge in [-0.2, -0.15) is 0 Å². The molecule has 0 aliphatic rings. The molecule has 74 valence electrons. The molecule has 0 amide bonds. The predicted molar refractivity (Wildman–Crippen MR) is 60.7 cm³/mol. The summed E-state index contributed by atoms with van der Waals surface area (Å²) < 4.78 is 2.29. The summed E-state index contributed by atoms with van der Waals surface area (Å²) in [5.41, 5.74) is 2.46. The molecule has 0 saturated carbocycles. The van der Waals surface area contributed by atoms with Crippen LogP contribution in [0.3, 0.4) is 0 Å². The summed E-state index contributed by atoms with van der Waals surface area (Å²) in [5.74, 6) is 0. The first-order valence-corrected chi connectivity index (χ1v) is 5.07. The van der Waals surface area contributed by atoms with Crippen molar-refractivity contribution in [1.82, 2.24) is 14.5 Å². The van der Waals surface area contributed by atoms with Gasteiger partial charge in [0.1, 0.15) is 0 Å². The fourth-order valence-electron chi connectivity index (χ4n) is 2.13. The highest BCUT2D eigenvalue weighted by molar-refractivity contribution is 6.07. The molecule has 0 aromatic carbocycles. The molecule has 0 unspecified atom stereocenters. The lowest BCUT2D eigenvalue weighted by Gasteiger charge is -2.01. The second-order valence-corrected chi connectivity index (χ2v) is 3.53. The Morgan fingerprint density at radius 3 is 2.00 bits per heavy atom. The van der Waals surface area contributed by atoms with Crippen molar-refractivity contribution in [3.8, 4) is 0 Å². The van der Waals surface area contributed by atoms with Gasteiger partial charge in [0.05, 0.1) is 11.0 Å². The van der Waals surface area contributed by atoms with Crippen molar-refractivity contribution in [1.29, 1.82) is 0 Å². The molecule has 0 fully saturated rings. The molecule has 0 radical (unpaired) electrons. The van der Waals surface area contributed by atoms with E-state index in [1.54, 1.807) is 0 Å². The number of aryl methyl sites for hydroxylation is 1. The Hall–Kier alpha value is -1.90. The molecule has 3 aromatic rings. The molecule has 3 nitrogen and oxygen atoms in total. The Morgan fingerprint density at radius 2 is 1.53 bits per heavy atom. The highest BCUT2D eigenvalue weighted by Crippen LogP contribution is 2.26. The van der Waals surface area contributed by atoms with Crippen LogP contribution in [0.2, 0.25) is 0 Å². The maximum absolute atomic E-state index is 4.17. The molecular formula is C12H11N3. The van der Waals surface area contributed by atoms with E-state index in [-0.39, 0.29) is 0 Å². The summed E-state index contributed by atoms with van der Waals surface area (Å²) in [6, 6.07) is 4.11. The third-order valence-electron chi connectivity index (χ3n) is 2.78. The van der Waals surface area contributed by atoms with Gasteiger partial charge in [0.2, 0.25) is 0 Å². The minimum atomic E-state index is 0.966. The van der Waals surface area contributed by atoms with E-state index in [1.807, 2.05) is 24.8 Å². The molecule has 3 heteroatoms. The largest absolute Gasteiger partial charge is 0.341 e. The van der Waals surface area contributed by atoms with E-state index >= 15 is 0 Å². The van der Waals surface area contributed by atoms with Crippen molar-refractivity contribution in [3.05, 3.63) is 36.9 Å². The van der Waals surface area contributed by atoms with Crippen molar-refractivity contribution in [2.75, 3.05) is 0 Å². The minimum absolute atomic E-state index is 0.966. The van der Waals surface area contributed by atoms with Gasteiger partial charge in [-0.1, -0.05) is 0 Å². The summed E-state index contributed by atoms with van der Waals surface area (Å²) in [4.78, 5) is 8.34. The molecule has 0 saturated heterocycles. The maximum atomic E-state index is 4.17. The Kier molecular flexibility index (Phi) is 1.71. The molecule has 0 N–H and O–H groups in total. The van der Waals surface area contributed by atoms with Crippen LogP contribution in [0.25, 0.3) is 21.8 Å². The standard InChI is InChI=1S/C12H11N3/c1-2-15-11-3-5-13-7-9(11)10-8-14-6-4-12(10)15/h3-8H,2H2,1H3. The number of pyridine rings is 2. The number of hydrogen-bond donors (Lipinski definition) is 0.